The maximum Gasteiger partial charge on any atom is 0.267 e. The van der Waals surface area contributed by atoms with Crippen molar-refractivity contribution in [2.24, 2.45) is 23.3 Å². The van der Waals surface area contributed by atoms with Crippen molar-refractivity contribution >= 4 is 22.7 Å². The second-order valence-electron chi connectivity index (χ2n) is 8.20. The van der Waals surface area contributed by atoms with Gasteiger partial charge in [0, 0.05) is 23.7 Å². The van der Waals surface area contributed by atoms with E-state index in [1.807, 2.05) is 24.3 Å². The molecule has 4 rings (SSSR count). The van der Waals surface area contributed by atoms with Crippen molar-refractivity contribution in [1.82, 2.24) is 15.3 Å². The molecule has 160 valence electrons. The minimum atomic E-state index is -0.585. The Labute approximate surface area is 181 Å². The number of rotatable bonds is 6. The average molecular weight is 418 g/mol. The van der Waals surface area contributed by atoms with Crippen LogP contribution in [0.1, 0.15) is 46.5 Å². The van der Waals surface area contributed by atoms with Crippen LogP contribution in [0.5, 0.6) is 0 Å². The zero-order valence-electron chi connectivity index (χ0n) is 17.4. The van der Waals surface area contributed by atoms with Crippen molar-refractivity contribution in [2.75, 3.05) is 13.1 Å². The van der Waals surface area contributed by atoms with Crippen LogP contribution in [0.15, 0.2) is 48.7 Å². The van der Waals surface area contributed by atoms with Gasteiger partial charge in [-0.15, -0.1) is 0 Å². The molecular formula is C24H27N5O2. The number of hydrogen-bond acceptors (Lipinski definition) is 5. The molecule has 0 atom stereocenters. The van der Waals surface area contributed by atoms with Gasteiger partial charge < -0.3 is 16.8 Å². The van der Waals surface area contributed by atoms with Crippen LogP contribution in [0.3, 0.4) is 0 Å². The third-order valence-electron chi connectivity index (χ3n) is 6.12. The molecule has 2 amide bonds. The molecule has 0 spiro atoms. The number of benzene rings is 1. The van der Waals surface area contributed by atoms with Gasteiger partial charge in [-0.2, -0.15) is 0 Å². The molecule has 7 nitrogen and oxygen atoms in total. The number of fused-ring (bicyclic) bond motifs is 1. The molecule has 7 heteroatoms. The number of pyridine rings is 2. The van der Waals surface area contributed by atoms with E-state index in [1.165, 1.54) is 0 Å². The lowest BCUT2D eigenvalue weighted by Crippen LogP contribution is -2.32. The van der Waals surface area contributed by atoms with Crippen LogP contribution < -0.4 is 16.8 Å². The second-order valence-corrected chi connectivity index (χ2v) is 8.20. The third-order valence-corrected chi connectivity index (χ3v) is 6.12. The van der Waals surface area contributed by atoms with E-state index in [0.29, 0.717) is 35.2 Å². The highest BCUT2D eigenvalue weighted by molar-refractivity contribution is 6.07. The molecule has 1 saturated carbocycles. The number of nitrogens with two attached hydrogens (primary N) is 2. The Morgan fingerprint density at radius 3 is 2.45 bits per heavy atom. The summed E-state index contributed by atoms with van der Waals surface area (Å²) < 4.78 is 0. The number of aromatic nitrogens is 2. The molecule has 0 radical (unpaired) electrons. The molecule has 1 fully saturated rings. The van der Waals surface area contributed by atoms with Crippen LogP contribution in [-0.2, 0) is 0 Å². The van der Waals surface area contributed by atoms with Crippen molar-refractivity contribution < 1.29 is 9.59 Å². The van der Waals surface area contributed by atoms with E-state index >= 15 is 0 Å². The molecule has 1 aromatic carbocycles. The molecule has 1 aliphatic carbocycles. The Hall–Kier alpha value is -3.32. The maximum atomic E-state index is 13.1. The van der Waals surface area contributed by atoms with Crippen LogP contribution in [0.4, 0.5) is 0 Å². The number of carbonyl (C=O) groups excluding carboxylic acids is 2. The van der Waals surface area contributed by atoms with Crippen LogP contribution >= 0.6 is 0 Å². The lowest BCUT2D eigenvalue weighted by molar-refractivity contribution is 0.0942. The number of nitrogens with one attached hydrogen (secondary N) is 1. The predicted octanol–water partition coefficient (Wildman–Crippen LogP) is 2.89. The molecule has 0 bridgehead atoms. The van der Waals surface area contributed by atoms with Gasteiger partial charge in [-0.3, -0.25) is 14.6 Å². The van der Waals surface area contributed by atoms with Crippen LogP contribution in [0, 0.1) is 11.8 Å². The Balaban J connectivity index is 1.57. The summed E-state index contributed by atoms with van der Waals surface area (Å²) in [4.78, 5) is 33.2. The summed E-state index contributed by atoms with van der Waals surface area (Å²) in [5.41, 5.74) is 13.9. The summed E-state index contributed by atoms with van der Waals surface area (Å²) in [6.45, 7) is 1.41. The first kappa shape index (κ1) is 20.9. The highest BCUT2D eigenvalue weighted by atomic mass is 16.2. The molecule has 31 heavy (non-hydrogen) atoms. The highest BCUT2D eigenvalue weighted by Gasteiger charge is 2.21. The lowest BCUT2D eigenvalue weighted by Gasteiger charge is -2.27. The van der Waals surface area contributed by atoms with Gasteiger partial charge in [0.05, 0.1) is 16.8 Å². The molecule has 3 aromatic rings. The predicted molar refractivity (Wildman–Crippen MR) is 120 cm³/mol. The smallest absolute Gasteiger partial charge is 0.267 e. The van der Waals surface area contributed by atoms with Gasteiger partial charge in [0.25, 0.3) is 11.8 Å². The first-order chi connectivity index (χ1) is 15.0. The van der Waals surface area contributed by atoms with Gasteiger partial charge in [0.15, 0.2) is 0 Å². The van der Waals surface area contributed by atoms with E-state index in [4.69, 9.17) is 11.5 Å². The second kappa shape index (κ2) is 9.22. The Bertz CT molecular complexity index is 1090. The van der Waals surface area contributed by atoms with Gasteiger partial charge >= 0.3 is 0 Å². The number of carbonyl (C=O) groups is 2. The number of para-hydroxylation sites is 1. The van der Waals surface area contributed by atoms with Crippen LogP contribution in [-0.4, -0.2) is 34.9 Å². The van der Waals surface area contributed by atoms with Crippen molar-refractivity contribution in [2.45, 2.75) is 25.7 Å². The third kappa shape index (κ3) is 4.72. The number of amides is 2. The topological polar surface area (TPSA) is 124 Å². The Morgan fingerprint density at radius 1 is 1.03 bits per heavy atom. The van der Waals surface area contributed by atoms with E-state index in [1.54, 1.807) is 24.4 Å². The van der Waals surface area contributed by atoms with Gasteiger partial charge in [-0.1, -0.05) is 18.2 Å². The number of hydrogen-bond donors (Lipinski definition) is 3. The Morgan fingerprint density at radius 2 is 1.77 bits per heavy atom. The molecule has 0 aliphatic heterocycles. The minimum absolute atomic E-state index is 0.109. The molecule has 0 saturated heterocycles. The van der Waals surface area contributed by atoms with Crippen molar-refractivity contribution in [3.8, 4) is 11.3 Å². The van der Waals surface area contributed by atoms with Crippen molar-refractivity contribution in [3.05, 3.63) is 59.9 Å². The fourth-order valence-electron chi connectivity index (χ4n) is 4.21. The molecule has 5 N–H and O–H groups in total. The molecule has 2 aromatic heterocycles. The minimum Gasteiger partial charge on any atom is -0.364 e. The van der Waals surface area contributed by atoms with Crippen molar-refractivity contribution in [3.63, 3.8) is 0 Å². The summed E-state index contributed by atoms with van der Waals surface area (Å²) in [6, 6.07) is 12.7. The monoisotopic (exact) mass is 417 g/mol. The highest BCUT2D eigenvalue weighted by Crippen LogP contribution is 2.28. The zero-order valence-corrected chi connectivity index (χ0v) is 17.4. The summed E-state index contributed by atoms with van der Waals surface area (Å²) >= 11 is 0. The van der Waals surface area contributed by atoms with Gasteiger partial charge in [0.2, 0.25) is 0 Å². The van der Waals surface area contributed by atoms with Gasteiger partial charge in [-0.05, 0) is 68.3 Å². The van der Waals surface area contributed by atoms with Crippen LogP contribution in [0.25, 0.3) is 22.2 Å². The summed E-state index contributed by atoms with van der Waals surface area (Å²) in [6.07, 6.45) is 6.01. The standard InChI is InChI=1S/C24H27N5O2/c25-12-15-5-7-16(8-6-15)13-28-24(31)19-11-22(29-20-4-2-1-3-18(19)20)17-9-10-21(23(26)30)27-14-17/h1-4,9-11,14-16H,5-8,12-13,25H2,(H2,26,30)(H,28,31). The molecule has 1 aliphatic rings. The first-order valence-electron chi connectivity index (χ1n) is 10.7. The molecule has 2 heterocycles. The number of primary amides is 1. The average Bonchev–Trinajstić information content (AvgIpc) is 2.82. The summed E-state index contributed by atoms with van der Waals surface area (Å²) in [7, 11) is 0. The maximum absolute atomic E-state index is 13.1. The van der Waals surface area contributed by atoms with E-state index in [2.05, 4.69) is 15.3 Å². The first-order valence-corrected chi connectivity index (χ1v) is 10.7. The SMILES string of the molecule is NCC1CCC(CNC(=O)c2cc(-c3ccc(C(N)=O)nc3)nc3ccccc23)CC1. The van der Waals surface area contributed by atoms with E-state index in [9.17, 15) is 9.59 Å². The van der Waals surface area contributed by atoms with Crippen LogP contribution in [0.2, 0.25) is 0 Å². The summed E-state index contributed by atoms with van der Waals surface area (Å²) in [5.74, 6) is 0.416. The molecule has 0 unspecified atom stereocenters. The Kier molecular flexibility index (Phi) is 6.23. The molecular weight excluding hydrogens is 390 g/mol. The normalized spacial score (nSPS) is 18.6. The fourth-order valence-corrected chi connectivity index (χ4v) is 4.21. The van der Waals surface area contributed by atoms with E-state index < -0.39 is 5.91 Å². The summed E-state index contributed by atoms with van der Waals surface area (Å²) in [5, 5.41) is 3.92. The quantitative estimate of drug-likeness (QED) is 0.569. The van der Waals surface area contributed by atoms with Gasteiger partial charge in [-0.25, -0.2) is 4.98 Å². The number of nitrogens with zero attached hydrogens (tertiary/aromatic N) is 2. The zero-order chi connectivity index (χ0) is 21.8. The largest absolute Gasteiger partial charge is 0.364 e. The van der Waals surface area contributed by atoms with E-state index in [0.717, 1.165) is 43.1 Å². The van der Waals surface area contributed by atoms with Gasteiger partial charge in [0.1, 0.15) is 5.69 Å². The fraction of sp³-hybridized carbons (Fsp3) is 0.333. The lowest BCUT2D eigenvalue weighted by atomic mass is 9.82. The van der Waals surface area contributed by atoms with E-state index in [-0.39, 0.29) is 11.6 Å². The van der Waals surface area contributed by atoms with Crippen molar-refractivity contribution in [1.29, 1.82) is 0 Å².